The van der Waals surface area contributed by atoms with Gasteiger partial charge in [0.1, 0.15) is 0 Å². The van der Waals surface area contributed by atoms with Gasteiger partial charge in [0.2, 0.25) is 0 Å². The Morgan fingerprint density at radius 3 is 1.12 bits per heavy atom. The molecule has 0 spiro atoms. The van der Waals surface area contributed by atoms with Gasteiger partial charge >= 0.3 is 30.2 Å². The fourth-order valence-corrected chi connectivity index (χ4v) is 6.78. The summed E-state index contributed by atoms with van der Waals surface area (Å²) in [5.74, 6) is 0. The van der Waals surface area contributed by atoms with Crippen LogP contribution in [-0.2, 0) is 23.3 Å². The van der Waals surface area contributed by atoms with Crippen LogP contribution in [0.3, 0.4) is 0 Å². The van der Waals surface area contributed by atoms with Gasteiger partial charge in [0.05, 0.1) is 0 Å². The van der Waals surface area contributed by atoms with Gasteiger partial charge in [-0.2, -0.15) is 0 Å². The van der Waals surface area contributed by atoms with Crippen LogP contribution in [0.4, 0.5) is 0 Å². The molecule has 0 bridgehead atoms. The number of benzene rings is 6. The average Bonchev–Trinajstić information content (AvgIpc) is 3.59. The van der Waals surface area contributed by atoms with Crippen molar-refractivity contribution in [3.8, 4) is 22.3 Å². The van der Waals surface area contributed by atoms with E-state index in [9.17, 15) is 0 Å². The monoisotopic (exact) mass is 756 g/mol. The Kier molecular flexibility index (Phi) is 15.3. The SMILES string of the molecule is Cc1[cH-]c2c(C)cccc2c1-c1cccc2ccccc12.Cc1[cH-]c2c(C)cccc2c1-c1cccc2ccccc12.[CH3-].[CH3-].[Cl-].[Cl-].[Si]=[Zr+2]. The van der Waals surface area contributed by atoms with E-state index in [4.69, 9.17) is 0 Å². The fourth-order valence-electron chi connectivity index (χ4n) is 6.78. The fraction of sp³-hybridized carbons (Fsp3) is 0.0909. The molecular formula is C44H40Cl2SiZr-4. The molecule has 0 heterocycles. The molecule has 8 aromatic carbocycles. The number of hydrogen-bond donors (Lipinski definition) is 0. The molecule has 0 amide bonds. The molecule has 242 valence electrons. The van der Waals surface area contributed by atoms with Gasteiger partial charge in [-0.1, -0.05) is 136 Å². The molecule has 2 radical (unpaired) electrons. The molecule has 48 heavy (non-hydrogen) atoms. The maximum absolute atomic E-state index is 3.06. The number of aryl methyl sites for hydroxylation is 4. The Bertz CT molecular complexity index is 2100. The minimum atomic E-state index is 0. The Morgan fingerprint density at radius 1 is 0.417 bits per heavy atom. The van der Waals surface area contributed by atoms with Gasteiger partial charge in [0.25, 0.3) is 0 Å². The van der Waals surface area contributed by atoms with Crippen LogP contribution in [0.25, 0.3) is 65.3 Å². The van der Waals surface area contributed by atoms with Crippen LogP contribution in [0.2, 0.25) is 0 Å². The van der Waals surface area contributed by atoms with Gasteiger partial charge in [-0.15, -0.1) is 91.3 Å². The topological polar surface area (TPSA) is 0 Å². The number of rotatable bonds is 2. The first-order valence-corrected chi connectivity index (χ1v) is 19.2. The normalized spacial score (nSPS) is 10.0. The van der Waals surface area contributed by atoms with Crippen molar-refractivity contribution in [2.45, 2.75) is 27.7 Å². The summed E-state index contributed by atoms with van der Waals surface area (Å²) < 4.78 is 0. The van der Waals surface area contributed by atoms with Crippen LogP contribution < -0.4 is 24.8 Å². The van der Waals surface area contributed by atoms with Crippen molar-refractivity contribution in [3.05, 3.63) is 171 Å². The van der Waals surface area contributed by atoms with E-state index in [2.05, 4.69) is 168 Å². The summed E-state index contributed by atoms with van der Waals surface area (Å²) in [6.45, 7) is 11.9. The summed E-state index contributed by atoms with van der Waals surface area (Å²) in [5.41, 5.74) is 10.9. The van der Waals surface area contributed by atoms with E-state index < -0.39 is 0 Å². The molecule has 0 aromatic heterocycles. The third-order valence-corrected chi connectivity index (χ3v) is 8.82. The van der Waals surface area contributed by atoms with E-state index in [-0.39, 0.29) is 39.7 Å². The zero-order chi connectivity index (χ0) is 30.8. The standard InChI is InChI=1S/2C21H17.2CH3.2ClH.Si.Zr/c2*1-14-7-5-11-19-20(14)13-15(2)21(19)18-12-6-9-16-8-3-4-10-17(16)18;;;;;;/h2*3-13H,1-2H3;2*1H3;2*1H;;/q4*-1;;;;+2/p-2. The molecule has 0 atom stereocenters. The van der Waals surface area contributed by atoms with Crippen molar-refractivity contribution < 1.29 is 48.1 Å². The molecule has 0 aliphatic rings. The molecule has 0 fully saturated rings. The Balaban J connectivity index is 0.000000294. The molecule has 0 nitrogen and oxygen atoms in total. The first-order valence-electron chi connectivity index (χ1n) is 15.0. The maximum atomic E-state index is 3.06. The number of halogens is 2. The Labute approximate surface area is 316 Å². The van der Waals surface area contributed by atoms with E-state index >= 15 is 0 Å². The molecule has 0 unspecified atom stereocenters. The predicted octanol–water partition coefficient (Wildman–Crippen LogP) is 6.52. The molecule has 8 rings (SSSR count). The van der Waals surface area contributed by atoms with Crippen molar-refractivity contribution in [1.29, 1.82) is 0 Å². The van der Waals surface area contributed by atoms with E-state index in [1.807, 2.05) is 0 Å². The second kappa shape index (κ2) is 17.9. The average molecular weight is 759 g/mol. The van der Waals surface area contributed by atoms with E-state index in [1.165, 1.54) is 111 Å². The van der Waals surface area contributed by atoms with Crippen molar-refractivity contribution in [3.63, 3.8) is 0 Å². The van der Waals surface area contributed by atoms with Gasteiger partial charge in [0.15, 0.2) is 0 Å². The van der Waals surface area contributed by atoms with E-state index in [1.54, 1.807) is 0 Å². The third kappa shape index (κ3) is 7.64. The van der Waals surface area contributed by atoms with Gasteiger partial charge in [-0.3, -0.25) is 0 Å². The van der Waals surface area contributed by atoms with Crippen LogP contribution in [0.1, 0.15) is 22.3 Å². The first-order chi connectivity index (χ1) is 21.5. The number of hydrogen-bond acceptors (Lipinski definition) is 0. The summed E-state index contributed by atoms with van der Waals surface area (Å²) >= 11 is 1.36. The van der Waals surface area contributed by atoms with Crippen LogP contribution in [0.15, 0.2) is 133 Å². The zero-order valence-corrected chi connectivity index (χ0v) is 33.4. The van der Waals surface area contributed by atoms with Crippen molar-refractivity contribution in [2.75, 3.05) is 0 Å². The second-order valence-corrected chi connectivity index (χ2v) is 11.5. The Hall–Kier alpha value is -3.26. The van der Waals surface area contributed by atoms with Gasteiger partial charge in [-0.05, 0) is 21.5 Å². The molecule has 0 aliphatic carbocycles. The molecule has 0 aliphatic heterocycles. The third-order valence-electron chi connectivity index (χ3n) is 8.82. The van der Waals surface area contributed by atoms with E-state index in [0.29, 0.717) is 0 Å². The minimum absolute atomic E-state index is 0. The van der Waals surface area contributed by atoms with Gasteiger partial charge < -0.3 is 39.7 Å². The van der Waals surface area contributed by atoms with Crippen LogP contribution in [-0.4, -0.2) is 6.88 Å². The zero-order valence-electron chi connectivity index (χ0n) is 28.5. The van der Waals surface area contributed by atoms with Crippen molar-refractivity contribution in [2.24, 2.45) is 0 Å². The van der Waals surface area contributed by atoms with Crippen molar-refractivity contribution >= 4 is 50.0 Å². The molecule has 0 N–H and O–H groups in total. The van der Waals surface area contributed by atoms with Crippen LogP contribution in [0, 0.1) is 42.5 Å². The summed E-state index contributed by atoms with van der Waals surface area (Å²) in [6, 6.07) is 48.3. The molecule has 0 saturated carbocycles. The summed E-state index contributed by atoms with van der Waals surface area (Å²) in [7, 11) is 0. The van der Waals surface area contributed by atoms with E-state index in [0.717, 1.165) is 0 Å². The first kappa shape index (κ1) is 40.9. The van der Waals surface area contributed by atoms with Crippen molar-refractivity contribution in [1.82, 2.24) is 0 Å². The van der Waals surface area contributed by atoms with Crippen LogP contribution >= 0.6 is 0 Å². The number of fused-ring (bicyclic) bond motifs is 4. The quantitative estimate of drug-likeness (QED) is 0.139. The molecule has 8 aromatic rings. The van der Waals surface area contributed by atoms with Gasteiger partial charge in [0, 0.05) is 0 Å². The van der Waals surface area contributed by atoms with Crippen LogP contribution in [0.5, 0.6) is 0 Å². The summed E-state index contributed by atoms with van der Waals surface area (Å²) in [6.07, 6.45) is 0. The summed E-state index contributed by atoms with van der Waals surface area (Å²) in [5, 5.41) is 10.7. The summed E-state index contributed by atoms with van der Waals surface area (Å²) in [4.78, 5) is 0. The van der Waals surface area contributed by atoms with Gasteiger partial charge in [-0.25, -0.2) is 0 Å². The predicted molar refractivity (Wildman–Crippen MR) is 202 cm³/mol. The second-order valence-electron chi connectivity index (χ2n) is 11.5. The Morgan fingerprint density at radius 2 is 0.729 bits per heavy atom. The molecular weight excluding hydrogens is 719 g/mol. The molecule has 4 heteroatoms. The molecule has 0 saturated heterocycles.